The fourth-order valence-electron chi connectivity index (χ4n) is 3.37. The molecule has 1 saturated heterocycles. The number of nitrogens with zero attached hydrogens (tertiary/aromatic N) is 3. The van der Waals surface area contributed by atoms with E-state index in [0.29, 0.717) is 47.4 Å². The molecule has 1 aromatic rings. The molecule has 158 valence electrons. The lowest BCUT2D eigenvalue weighted by Gasteiger charge is -2.36. The summed E-state index contributed by atoms with van der Waals surface area (Å²) in [5.74, 6) is 0. The van der Waals surface area contributed by atoms with E-state index in [1.54, 1.807) is 11.0 Å². The number of rotatable bonds is 1. The van der Waals surface area contributed by atoms with Crippen LogP contribution in [0.2, 0.25) is 10.0 Å². The van der Waals surface area contributed by atoms with Gasteiger partial charge in [-0.2, -0.15) is 0 Å². The van der Waals surface area contributed by atoms with Crippen molar-refractivity contribution in [3.8, 4) is 10.6 Å². The minimum atomic E-state index is -0.510. The van der Waals surface area contributed by atoms with Gasteiger partial charge in [-0.05, 0) is 32.9 Å². The zero-order chi connectivity index (χ0) is 21.6. The van der Waals surface area contributed by atoms with Crippen molar-refractivity contribution in [2.45, 2.75) is 26.4 Å². The molecule has 1 amide bonds. The maximum atomic E-state index is 12.3. The summed E-state index contributed by atoms with van der Waals surface area (Å²) in [7, 11) is 0. The molecule has 1 aliphatic carbocycles. The normalized spacial score (nSPS) is 15.1. The molecule has 0 radical (unpaired) electrons. The lowest BCUT2D eigenvalue weighted by molar-refractivity contribution is 0.0240. The van der Waals surface area contributed by atoms with Gasteiger partial charge in [0, 0.05) is 44.0 Å². The molecule has 1 aromatic carbocycles. The number of carbonyl (C=O) groups excluding carboxylic acids is 1. The van der Waals surface area contributed by atoms with Crippen molar-refractivity contribution in [3.63, 3.8) is 0 Å². The summed E-state index contributed by atoms with van der Waals surface area (Å²) in [6.07, 6.45) is -0.290. The van der Waals surface area contributed by atoms with Gasteiger partial charge in [-0.1, -0.05) is 23.2 Å². The smallest absolute Gasteiger partial charge is 0.410 e. The highest BCUT2D eigenvalue weighted by molar-refractivity contribution is 7.21. The highest BCUT2D eigenvalue weighted by Crippen LogP contribution is 2.38. The third-order valence-electron chi connectivity index (χ3n) is 4.76. The third kappa shape index (κ3) is 4.33. The number of anilines is 1. The molecule has 0 N–H and O–H groups in total. The first-order valence-electron chi connectivity index (χ1n) is 9.57. The Bertz CT molecular complexity index is 1150. The van der Waals surface area contributed by atoms with Crippen LogP contribution in [0.4, 0.5) is 10.5 Å². The average Bonchev–Trinajstić information content (AvgIpc) is 2.65. The first-order valence-corrected chi connectivity index (χ1v) is 11.1. The van der Waals surface area contributed by atoms with Gasteiger partial charge in [-0.3, -0.25) is 4.79 Å². The predicted molar refractivity (Wildman–Crippen MR) is 123 cm³/mol. The van der Waals surface area contributed by atoms with E-state index in [4.69, 9.17) is 27.9 Å². The molecule has 1 fully saturated rings. The van der Waals surface area contributed by atoms with Crippen molar-refractivity contribution in [1.82, 2.24) is 9.88 Å². The van der Waals surface area contributed by atoms with E-state index in [-0.39, 0.29) is 11.5 Å². The second-order valence-corrected chi connectivity index (χ2v) is 10.1. The number of amides is 1. The molecule has 0 bridgehead atoms. The Morgan fingerprint density at radius 1 is 1.07 bits per heavy atom. The first-order chi connectivity index (χ1) is 14.1. The fourth-order valence-corrected chi connectivity index (χ4v) is 5.09. The summed E-state index contributed by atoms with van der Waals surface area (Å²) in [6, 6.07) is 6.81. The molecular weight excluding hydrogens is 445 g/mol. The van der Waals surface area contributed by atoms with Crippen LogP contribution in [-0.4, -0.2) is 47.8 Å². The fraction of sp³-hybridized carbons (Fsp3) is 0.381. The van der Waals surface area contributed by atoms with E-state index >= 15 is 0 Å². The molecular formula is C21H21Cl2N3O3S. The first kappa shape index (κ1) is 21.2. The number of carbonyl (C=O) groups is 1. The van der Waals surface area contributed by atoms with Gasteiger partial charge in [0.1, 0.15) is 5.60 Å². The minimum absolute atomic E-state index is 0.148. The van der Waals surface area contributed by atoms with E-state index in [2.05, 4.69) is 9.88 Å². The van der Waals surface area contributed by atoms with Crippen LogP contribution in [0.25, 0.3) is 20.8 Å². The second-order valence-electron chi connectivity index (χ2n) is 8.19. The molecule has 6 nitrogen and oxygen atoms in total. The number of hydrogen-bond acceptors (Lipinski definition) is 6. The summed E-state index contributed by atoms with van der Waals surface area (Å²) in [4.78, 5) is 33.3. The van der Waals surface area contributed by atoms with Crippen molar-refractivity contribution in [1.29, 1.82) is 0 Å². The number of hydrogen-bond donors (Lipinski definition) is 0. The zero-order valence-electron chi connectivity index (χ0n) is 16.9. The molecule has 2 heterocycles. The minimum Gasteiger partial charge on any atom is -0.444 e. The van der Waals surface area contributed by atoms with Crippen LogP contribution in [0, 0.1) is 0 Å². The van der Waals surface area contributed by atoms with E-state index in [1.165, 1.54) is 17.4 Å². The van der Waals surface area contributed by atoms with Crippen LogP contribution in [0.3, 0.4) is 0 Å². The molecule has 2 aliphatic heterocycles. The number of aromatic nitrogens is 1. The van der Waals surface area contributed by atoms with Gasteiger partial charge in [-0.15, -0.1) is 11.3 Å². The Morgan fingerprint density at radius 2 is 1.77 bits per heavy atom. The standard InChI is InChI=1S/C21H21Cl2N3O3S/c1-21(2,3)29-20(28)26-6-4-25(5-7-26)12-8-14(22)18-16(9-12)30-17-11-13(27)10-15(23)19(17)24-18/h8-11H,4-7H2,1-3H3. The molecule has 0 atom stereocenters. The van der Waals surface area contributed by atoms with Crippen molar-refractivity contribution in [3.05, 3.63) is 44.5 Å². The zero-order valence-corrected chi connectivity index (χ0v) is 19.2. The van der Waals surface area contributed by atoms with Crippen LogP contribution >= 0.6 is 34.5 Å². The van der Waals surface area contributed by atoms with Gasteiger partial charge in [0.25, 0.3) is 0 Å². The van der Waals surface area contributed by atoms with Gasteiger partial charge in [0.2, 0.25) is 0 Å². The predicted octanol–water partition coefficient (Wildman–Crippen LogP) is 5.13. The van der Waals surface area contributed by atoms with Gasteiger partial charge in [-0.25, -0.2) is 9.78 Å². The SMILES string of the molecule is CC(C)(C)OC(=O)N1CCN(c2cc(Cl)c3nc4c(Cl)cc(=O)cc-4sc3c2)CC1. The van der Waals surface area contributed by atoms with Crippen molar-refractivity contribution < 1.29 is 9.53 Å². The lowest BCUT2D eigenvalue weighted by Crippen LogP contribution is -2.50. The van der Waals surface area contributed by atoms with Crippen LogP contribution < -0.4 is 10.3 Å². The molecule has 0 unspecified atom stereocenters. The van der Waals surface area contributed by atoms with E-state index in [0.717, 1.165) is 15.3 Å². The van der Waals surface area contributed by atoms with E-state index < -0.39 is 5.60 Å². The summed E-state index contributed by atoms with van der Waals surface area (Å²) in [5.41, 5.74) is 1.54. The molecule has 3 aliphatic rings. The Kier molecular flexibility index (Phi) is 5.55. The Balaban J connectivity index is 1.60. The number of piperazine rings is 1. The van der Waals surface area contributed by atoms with Gasteiger partial charge in [0.15, 0.2) is 5.43 Å². The summed E-state index contributed by atoms with van der Waals surface area (Å²) < 4.78 is 6.34. The second kappa shape index (κ2) is 7.87. The summed E-state index contributed by atoms with van der Waals surface area (Å²) in [5, 5.41) is 0.853. The molecule has 0 spiro atoms. The van der Waals surface area contributed by atoms with Gasteiger partial charge < -0.3 is 14.5 Å². The van der Waals surface area contributed by atoms with E-state index in [9.17, 15) is 9.59 Å². The topological polar surface area (TPSA) is 62.7 Å². The maximum absolute atomic E-state index is 12.3. The van der Waals surface area contributed by atoms with Crippen LogP contribution in [0.5, 0.6) is 0 Å². The summed E-state index contributed by atoms with van der Waals surface area (Å²) in [6.45, 7) is 8.06. The highest BCUT2D eigenvalue weighted by Gasteiger charge is 2.26. The van der Waals surface area contributed by atoms with Crippen molar-refractivity contribution in [2.75, 3.05) is 31.1 Å². The largest absolute Gasteiger partial charge is 0.444 e. The molecule has 30 heavy (non-hydrogen) atoms. The van der Waals surface area contributed by atoms with Gasteiger partial charge in [0.05, 0.1) is 30.8 Å². The monoisotopic (exact) mass is 465 g/mol. The quantitative estimate of drug-likeness (QED) is 0.466. The average molecular weight is 466 g/mol. The van der Waals surface area contributed by atoms with Crippen molar-refractivity contribution in [2.24, 2.45) is 0 Å². The molecule has 9 heteroatoms. The lowest BCUT2D eigenvalue weighted by atomic mass is 10.2. The molecule has 0 saturated carbocycles. The Morgan fingerprint density at radius 3 is 2.43 bits per heavy atom. The highest BCUT2D eigenvalue weighted by atomic mass is 35.5. The maximum Gasteiger partial charge on any atom is 0.410 e. The summed E-state index contributed by atoms with van der Waals surface area (Å²) >= 11 is 14.2. The number of ether oxygens (including phenoxy) is 1. The number of halogens is 2. The van der Waals surface area contributed by atoms with Crippen molar-refractivity contribution >= 4 is 56.5 Å². The van der Waals surface area contributed by atoms with Crippen LogP contribution in [0.15, 0.2) is 29.1 Å². The van der Waals surface area contributed by atoms with E-state index in [1.807, 2.05) is 32.9 Å². The van der Waals surface area contributed by atoms with Crippen LogP contribution in [0.1, 0.15) is 20.8 Å². The number of benzene rings is 2. The van der Waals surface area contributed by atoms with Gasteiger partial charge >= 0.3 is 6.09 Å². The Labute approximate surface area is 188 Å². The van der Waals surface area contributed by atoms with Crippen LogP contribution in [-0.2, 0) is 4.74 Å². The molecule has 0 aromatic heterocycles. The number of fused-ring (bicyclic) bond motifs is 2. The third-order valence-corrected chi connectivity index (χ3v) is 6.39. The Hall–Kier alpha value is -2.09. The molecule has 4 rings (SSSR count).